The van der Waals surface area contributed by atoms with E-state index < -0.39 is 6.10 Å². The molecule has 140 valence electrons. The second-order valence-corrected chi connectivity index (χ2v) is 8.88. The van der Waals surface area contributed by atoms with Gasteiger partial charge in [0.1, 0.15) is 6.10 Å². The van der Waals surface area contributed by atoms with E-state index in [1.807, 2.05) is 11.0 Å². The van der Waals surface area contributed by atoms with Gasteiger partial charge in [-0.1, -0.05) is 54.6 Å². The van der Waals surface area contributed by atoms with Gasteiger partial charge in [-0.3, -0.25) is 4.79 Å². The van der Waals surface area contributed by atoms with Crippen molar-refractivity contribution in [1.29, 1.82) is 0 Å². The monoisotopic (exact) mass is 361 g/mol. The molecule has 5 rings (SSSR count). The van der Waals surface area contributed by atoms with Crippen molar-refractivity contribution in [3.63, 3.8) is 0 Å². The molecule has 2 aromatic rings. The first-order valence-electron chi connectivity index (χ1n) is 10.3. The molecule has 3 heteroatoms. The fraction of sp³-hybridized carbons (Fsp3) is 0.458. The molecule has 3 nitrogen and oxygen atoms in total. The minimum atomic E-state index is -0.781. The summed E-state index contributed by atoms with van der Waals surface area (Å²) in [5.74, 6) is 0.181. The lowest BCUT2D eigenvalue weighted by atomic mass is 9.96. The fourth-order valence-electron chi connectivity index (χ4n) is 4.71. The van der Waals surface area contributed by atoms with E-state index in [0.717, 1.165) is 32.2 Å². The number of rotatable bonds is 5. The molecule has 0 bridgehead atoms. The highest BCUT2D eigenvalue weighted by Crippen LogP contribution is 2.55. The SMILES string of the molecule is O=C([C@H](O)C1CC1)N1CC2(CC2)C[C@@H]1Cc1cccc(-c2ccccc2)c1. The smallest absolute Gasteiger partial charge is 0.251 e. The predicted molar refractivity (Wildman–Crippen MR) is 106 cm³/mol. The van der Waals surface area contributed by atoms with Crippen LogP contribution in [0.5, 0.6) is 0 Å². The topological polar surface area (TPSA) is 40.5 Å². The Bertz CT molecular complexity index is 838. The van der Waals surface area contributed by atoms with E-state index in [1.54, 1.807) is 0 Å². The average molecular weight is 361 g/mol. The van der Waals surface area contributed by atoms with Crippen LogP contribution in [0.2, 0.25) is 0 Å². The van der Waals surface area contributed by atoms with Gasteiger partial charge in [-0.05, 0) is 66.5 Å². The van der Waals surface area contributed by atoms with Gasteiger partial charge in [0.2, 0.25) is 0 Å². The van der Waals surface area contributed by atoms with Crippen LogP contribution >= 0.6 is 0 Å². The van der Waals surface area contributed by atoms with Crippen molar-refractivity contribution in [2.75, 3.05) is 6.54 Å². The Morgan fingerprint density at radius 1 is 1.07 bits per heavy atom. The summed E-state index contributed by atoms with van der Waals surface area (Å²) in [6, 6.07) is 19.4. The molecule has 0 unspecified atom stereocenters. The molecule has 3 fully saturated rings. The van der Waals surface area contributed by atoms with E-state index >= 15 is 0 Å². The number of aliphatic hydroxyl groups is 1. The number of carbonyl (C=O) groups is 1. The summed E-state index contributed by atoms with van der Waals surface area (Å²) >= 11 is 0. The van der Waals surface area contributed by atoms with Crippen LogP contribution in [0, 0.1) is 11.3 Å². The van der Waals surface area contributed by atoms with Crippen LogP contribution in [0.25, 0.3) is 11.1 Å². The highest BCUT2D eigenvalue weighted by atomic mass is 16.3. The molecule has 0 radical (unpaired) electrons. The Labute approximate surface area is 161 Å². The van der Waals surface area contributed by atoms with E-state index in [9.17, 15) is 9.90 Å². The first kappa shape index (κ1) is 17.0. The summed E-state index contributed by atoms with van der Waals surface area (Å²) in [5, 5.41) is 10.4. The molecule has 0 aromatic heterocycles. The van der Waals surface area contributed by atoms with Gasteiger partial charge < -0.3 is 10.0 Å². The lowest BCUT2D eigenvalue weighted by Crippen LogP contribution is -2.44. The number of amides is 1. The second-order valence-electron chi connectivity index (χ2n) is 8.88. The van der Waals surface area contributed by atoms with E-state index in [0.29, 0.717) is 5.41 Å². The summed E-state index contributed by atoms with van der Waals surface area (Å²) in [7, 11) is 0. The number of benzene rings is 2. The van der Waals surface area contributed by atoms with Crippen molar-refractivity contribution >= 4 is 5.91 Å². The molecule has 1 heterocycles. The zero-order valence-corrected chi connectivity index (χ0v) is 15.7. The third kappa shape index (κ3) is 3.41. The molecular formula is C24H27NO2. The Morgan fingerprint density at radius 2 is 1.81 bits per heavy atom. The van der Waals surface area contributed by atoms with E-state index in [-0.39, 0.29) is 17.9 Å². The van der Waals surface area contributed by atoms with Crippen LogP contribution in [0.1, 0.15) is 37.7 Å². The Morgan fingerprint density at radius 3 is 2.52 bits per heavy atom. The zero-order valence-electron chi connectivity index (χ0n) is 15.7. The second kappa shape index (κ2) is 6.49. The Kier molecular flexibility index (Phi) is 4.08. The van der Waals surface area contributed by atoms with Gasteiger partial charge in [-0.25, -0.2) is 0 Å². The highest BCUT2D eigenvalue weighted by molar-refractivity contribution is 5.82. The van der Waals surface area contributed by atoms with Crippen LogP contribution in [0.3, 0.4) is 0 Å². The van der Waals surface area contributed by atoms with Gasteiger partial charge in [0.15, 0.2) is 0 Å². The lowest BCUT2D eigenvalue weighted by Gasteiger charge is -2.27. The first-order valence-corrected chi connectivity index (χ1v) is 10.3. The lowest BCUT2D eigenvalue weighted by molar-refractivity contribution is -0.142. The van der Waals surface area contributed by atoms with Crippen LogP contribution in [-0.2, 0) is 11.2 Å². The van der Waals surface area contributed by atoms with Crippen LogP contribution < -0.4 is 0 Å². The minimum absolute atomic E-state index is 0.0227. The third-order valence-electron chi connectivity index (χ3n) is 6.68. The van der Waals surface area contributed by atoms with Gasteiger partial charge >= 0.3 is 0 Å². The Hall–Kier alpha value is -2.13. The molecular weight excluding hydrogens is 334 g/mol. The van der Waals surface area contributed by atoms with Crippen LogP contribution in [0.4, 0.5) is 0 Å². The Balaban J connectivity index is 1.36. The summed E-state index contributed by atoms with van der Waals surface area (Å²) in [6.45, 7) is 0.846. The number of hydrogen-bond acceptors (Lipinski definition) is 2. The standard InChI is InChI=1S/C24H27NO2/c26-22(19-9-10-19)23(27)25-16-24(11-12-24)15-21(25)14-17-5-4-8-20(13-17)18-6-2-1-3-7-18/h1-8,13,19,21-22,26H,9-12,14-16H2/t21-,22+/m0/s1. The molecule has 2 atom stereocenters. The molecule has 1 spiro atoms. The number of carbonyl (C=O) groups excluding carboxylic acids is 1. The molecule has 2 saturated carbocycles. The normalized spacial score (nSPS) is 24.2. The largest absolute Gasteiger partial charge is 0.383 e. The maximum Gasteiger partial charge on any atom is 0.251 e. The number of nitrogens with zero attached hydrogens (tertiary/aromatic N) is 1. The van der Waals surface area contributed by atoms with Crippen molar-refractivity contribution in [2.24, 2.45) is 11.3 Å². The van der Waals surface area contributed by atoms with Crippen molar-refractivity contribution in [1.82, 2.24) is 4.90 Å². The maximum absolute atomic E-state index is 12.9. The number of hydrogen-bond donors (Lipinski definition) is 1. The van der Waals surface area contributed by atoms with Gasteiger partial charge in [0.05, 0.1) is 0 Å². The number of aliphatic hydroxyl groups excluding tert-OH is 1. The summed E-state index contributed by atoms with van der Waals surface area (Å²) in [4.78, 5) is 14.9. The van der Waals surface area contributed by atoms with Gasteiger partial charge in [-0.2, -0.15) is 0 Å². The van der Waals surface area contributed by atoms with E-state index in [1.165, 1.54) is 29.5 Å². The molecule has 3 aliphatic rings. The average Bonchev–Trinajstić information content (AvgIpc) is 3.61. The highest BCUT2D eigenvalue weighted by Gasteiger charge is 2.54. The summed E-state index contributed by atoms with van der Waals surface area (Å²) < 4.78 is 0. The number of likely N-dealkylation sites (tertiary alicyclic amines) is 1. The summed E-state index contributed by atoms with van der Waals surface area (Å²) in [6.07, 6.45) is 5.65. The molecule has 1 amide bonds. The summed E-state index contributed by atoms with van der Waals surface area (Å²) in [5.41, 5.74) is 4.07. The van der Waals surface area contributed by atoms with Gasteiger partial charge in [0.25, 0.3) is 5.91 Å². The van der Waals surface area contributed by atoms with Crippen molar-refractivity contribution in [3.05, 3.63) is 60.2 Å². The maximum atomic E-state index is 12.9. The quantitative estimate of drug-likeness (QED) is 0.873. The molecule has 27 heavy (non-hydrogen) atoms. The van der Waals surface area contributed by atoms with Gasteiger partial charge in [0, 0.05) is 12.6 Å². The molecule has 1 saturated heterocycles. The fourth-order valence-corrected chi connectivity index (χ4v) is 4.71. The van der Waals surface area contributed by atoms with E-state index in [2.05, 4.69) is 48.5 Å². The van der Waals surface area contributed by atoms with Crippen LogP contribution in [-0.4, -0.2) is 34.6 Å². The molecule has 1 N–H and O–H groups in total. The van der Waals surface area contributed by atoms with Crippen molar-refractivity contribution < 1.29 is 9.90 Å². The first-order chi connectivity index (χ1) is 13.1. The van der Waals surface area contributed by atoms with E-state index in [4.69, 9.17) is 0 Å². The molecule has 2 aromatic carbocycles. The minimum Gasteiger partial charge on any atom is -0.383 e. The van der Waals surface area contributed by atoms with Crippen molar-refractivity contribution in [3.8, 4) is 11.1 Å². The van der Waals surface area contributed by atoms with Crippen LogP contribution in [0.15, 0.2) is 54.6 Å². The van der Waals surface area contributed by atoms with Gasteiger partial charge in [-0.15, -0.1) is 0 Å². The third-order valence-corrected chi connectivity index (χ3v) is 6.68. The predicted octanol–water partition coefficient (Wildman–Crippen LogP) is 4.05. The zero-order chi connectivity index (χ0) is 18.4. The molecule has 1 aliphatic heterocycles. The van der Waals surface area contributed by atoms with Crippen molar-refractivity contribution in [2.45, 2.75) is 50.7 Å². The molecule has 2 aliphatic carbocycles.